The van der Waals surface area contributed by atoms with Crippen LogP contribution in [-0.2, 0) is 4.79 Å². The number of carbonyl (C=O) groups is 2. The third-order valence-corrected chi connectivity index (χ3v) is 1.25. The Morgan fingerprint density at radius 2 is 1.69 bits per heavy atom. The molecule has 0 bridgehead atoms. The van der Waals surface area contributed by atoms with Crippen LogP contribution < -0.4 is 11.1 Å². The molecular weight excluding hydrogens is 172 g/mol. The molecule has 1 unspecified atom stereocenters. The topological polar surface area (TPSA) is 92.4 Å². The minimum atomic E-state index is -1.23. The second-order valence-corrected chi connectivity index (χ2v) is 2.57. The van der Waals surface area contributed by atoms with E-state index in [-0.39, 0.29) is 5.92 Å². The van der Waals surface area contributed by atoms with Crippen molar-refractivity contribution in [1.82, 2.24) is 5.32 Å². The van der Waals surface area contributed by atoms with Crippen molar-refractivity contribution in [3.8, 4) is 0 Å². The van der Waals surface area contributed by atoms with Gasteiger partial charge in [0.2, 0.25) is 5.91 Å². The molecule has 5 nitrogen and oxygen atoms in total. The van der Waals surface area contributed by atoms with Gasteiger partial charge in [-0.25, -0.2) is 4.79 Å². The van der Waals surface area contributed by atoms with Crippen LogP contribution in [0.1, 0.15) is 27.7 Å². The maximum Gasteiger partial charge on any atom is 0.405 e. The highest BCUT2D eigenvalue weighted by molar-refractivity contribution is 5.83. The Hall–Kier alpha value is -1.26. The number of nitrogens with one attached hydrogen (secondary N) is 1. The molecule has 13 heavy (non-hydrogen) atoms. The van der Waals surface area contributed by atoms with Gasteiger partial charge in [-0.1, -0.05) is 27.7 Å². The average molecular weight is 190 g/mol. The van der Waals surface area contributed by atoms with E-state index < -0.39 is 18.0 Å². The van der Waals surface area contributed by atoms with Gasteiger partial charge in [0, 0.05) is 0 Å². The largest absolute Gasteiger partial charge is 0.465 e. The quantitative estimate of drug-likeness (QED) is 0.614. The Labute approximate surface area is 78.3 Å². The first-order chi connectivity index (χ1) is 5.95. The Bertz CT molecular complexity index is 169. The number of amides is 2. The van der Waals surface area contributed by atoms with Gasteiger partial charge in [-0.05, 0) is 5.92 Å². The Morgan fingerprint density at radius 3 is 1.77 bits per heavy atom. The molecule has 0 aromatic heterocycles. The lowest BCUT2D eigenvalue weighted by Gasteiger charge is -2.16. The zero-order valence-electron chi connectivity index (χ0n) is 8.50. The zero-order chi connectivity index (χ0) is 11.0. The van der Waals surface area contributed by atoms with Crippen LogP contribution in [0.5, 0.6) is 0 Å². The Balaban J connectivity index is 0. The second kappa shape index (κ2) is 7.39. The van der Waals surface area contributed by atoms with Crippen LogP contribution >= 0.6 is 0 Å². The van der Waals surface area contributed by atoms with Crippen LogP contribution in [0.4, 0.5) is 4.79 Å². The molecule has 0 aromatic rings. The van der Waals surface area contributed by atoms with Crippen molar-refractivity contribution >= 4 is 12.0 Å². The monoisotopic (exact) mass is 190 g/mol. The molecule has 5 heteroatoms. The van der Waals surface area contributed by atoms with Gasteiger partial charge in [0.05, 0.1) is 0 Å². The summed E-state index contributed by atoms with van der Waals surface area (Å²) < 4.78 is 0. The molecule has 0 aliphatic carbocycles. The van der Waals surface area contributed by atoms with E-state index in [9.17, 15) is 9.59 Å². The summed E-state index contributed by atoms with van der Waals surface area (Å²) >= 11 is 0. The van der Waals surface area contributed by atoms with Gasteiger partial charge < -0.3 is 16.2 Å². The summed E-state index contributed by atoms with van der Waals surface area (Å²) in [7, 11) is 0. The lowest BCUT2D eigenvalue weighted by atomic mass is 10.0. The zero-order valence-corrected chi connectivity index (χ0v) is 8.50. The third kappa shape index (κ3) is 7.11. The van der Waals surface area contributed by atoms with Gasteiger partial charge in [0.25, 0.3) is 0 Å². The fraction of sp³-hybridized carbons (Fsp3) is 0.750. The molecule has 0 saturated carbocycles. The maximum atomic E-state index is 10.6. The van der Waals surface area contributed by atoms with Crippen LogP contribution in [0, 0.1) is 5.92 Å². The number of primary amides is 1. The molecule has 4 N–H and O–H groups in total. The van der Waals surface area contributed by atoms with Crippen molar-refractivity contribution in [3.05, 3.63) is 0 Å². The smallest absolute Gasteiger partial charge is 0.405 e. The Kier molecular flexibility index (Phi) is 8.12. The highest BCUT2D eigenvalue weighted by atomic mass is 16.4. The highest BCUT2D eigenvalue weighted by Crippen LogP contribution is 1.99. The number of rotatable bonds is 3. The number of nitrogens with two attached hydrogens (primary N) is 1. The number of carboxylic acid groups (broad SMARTS) is 1. The lowest BCUT2D eigenvalue weighted by molar-refractivity contribution is -0.120. The van der Waals surface area contributed by atoms with Crippen LogP contribution in [0.3, 0.4) is 0 Å². The third-order valence-electron chi connectivity index (χ3n) is 1.25. The van der Waals surface area contributed by atoms with Crippen molar-refractivity contribution < 1.29 is 14.7 Å². The first kappa shape index (κ1) is 14.3. The molecule has 0 aliphatic rings. The molecule has 78 valence electrons. The van der Waals surface area contributed by atoms with Gasteiger partial charge in [-0.15, -0.1) is 0 Å². The maximum absolute atomic E-state index is 10.6. The summed E-state index contributed by atoms with van der Waals surface area (Å²) in [5.41, 5.74) is 4.92. The summed E-state index contributed by atoms with van der Waals surface area (Å²) in [6, 6.07) is -0.799. The van der Waals surface area contributed by atoms with Crippen molar-refractivity contribution in [2.75, 3.05) is 0 Å². The molecule has 0 aliphatic heterocycles. The summed E-state index contributed by atoms with van der Waals surface area (Å²) in [6.07, 6.45) is -1.23. The highest BCUT2D eigenvalue weighted by Gasteiger charge is 2.20. The van der Waals surface area contributed by atoms with Gasteiger partial charge in [0.15, 0.2) is 0 Å². The summed E-state index contributed by atoms with van der Waals surface area (Å²) in [4.78, 5) is 20.7. The fourth-order valence-corrected chi connectivity index (χ4v) is 0.699. The van der Waals surface area contributed by atoms with E-state index in [1.54, 1.807) is 13.8 Å². The molecule has 2 amide bonds. The van der Waals surface area contributed by atoms with Crippen molar-refractivity contribution in [3.63, 3.8) is 0 Å². The van der Waals surface area contributed by atoms with Gasteiger partial charge in [0.1, 0.15) is 6.04 Å². The molecule has 0 spiro atoms. The van der Waals surface area contributed by atoms with E-state index in [1.165, 1.54) is 0 Å². The molecule has 0 radical (unpaired) electrons. The number of carbonyl (C=O) groups excluding carboxylic acids is 1. The van der Waals surface area contributed by atoms with E-state index >= 15 is 0 Å². The molecule has 0 aromatic carbocycles. The van der Waals surface area contributed by atoms with Gasteiger partial charge in [-0.3, -0.25) is 4.79 Å². The van der Waals surface area contributed by atoms with Crippen molar-refractivity contribution in [2.24, 2.45) is 11.7 Å². The molecular formula is C8H18N2O3. The minimum absolute atomic E-state index is 0.122. The molecule has 1 atom stereocenters. The number of hydrogen-bond acceptors (Lipinski definition) is 2. The molecule has 0 saturated heterocycles. The van der Waals surface area contributed by atoms with Crippen molar-refractivity contribution in [1.29, 1.82) is 0 Å². The van der Waals surface area contributed by atoms with Gasteiger partial charge >= 0.3 is 6.09 Å². The van der Waals surface area contributed by atoms with Crippen LogP contribution in [0.25, 0.3) is 0 Å². The van der Waals surface area contributed by atoms with Gasteiger partial charge in [-0.2, -0.15) is 0 Å². The first-order valence-electron chi connectivity index (χ1n) is 4.24. The predicted octanol–water partition coefficient (Wildman–Crippen LogP) is 0.790. The summed E-state index contributed by atoms with van der Waals surface area (Å²) in [5.74, 6) is -0.772. The van der Waals surface area contributed by atoms with E-state index in [0.29, 0.717) is 0 Å². The first-order valence-corrected chi connectivity index (χ1v) is 4.24. The normalized spacial score (nSPS) is 11.2. The molecule has 0 rings (SSSR count). The molecule has 0 fully saturated rings. The fourth-order valence-electron chi connectivity index (χ4n) is 0.699. The predicted molar refractivity (Wildman–Crippen MR) is 50.3 cm³/mol. The van der Waals surface area contributed by atoms with E-state index in [2.05, 4.69) is 0 Å². The van der Waals surface area contributed by atoms with Crippen LogP contribution in [0.2, 0.25) is 0 Å². The van der Waals surface area contributed by atoms with E-state index in [1.807, 2.05) is 19.2 Å². The van der Waals surface area contributed by atoms with E-state index in [4.69, 9.17) is 10.8 Å². The van der Waals surface area contributed by atoms with Crippen LogP contribution in [0.15, 0.2) is 0 Å². The van der Waals surface area contributed by atoms with Crippen LogP contribution in [-0.4, -0.2) is 23.1 Å². The minimum Gasteiger partial charge on any atom is -0.465 e. The van der Waals surface area contributed by atoms with Crippen molar-refractivity contribution in [2.45, 2.75) is 33.7 Å². The molecule has 0 heterocycles. The second-order valence-electron chi connectivity index (χ2n) is 2.57. The Morgan fingerprint density at radius 1 is 1.31 bits per heavy atom. The summed E-state index contributed by atoms with van der Waals surface area (Å²) in [6.45, 7) is 7.43. The average Bonchev–Trinajstić information content (AvgIpc) is 2.03. The lowest BCUT2D eigenvalue weighted by Crippen LogP contribution is -2.47. The standard InChI is InChI=1S/C6H12N2O3.C2H6/c1-3(2)4(5(7)9)8-6(10)11;1-2/h3-4,8H,1-2H3,(H2,7,9)(H,10,11);1-2H3. The number of hydrogen-bond donors (Lipinski definition) is 3. The SMILES string of the molecule is CC.CC(C)C(NC(=O)O)C(N)=O. The van der Waals surface area contributed by atoms with E-state index in [0.717, 1.165) is 0 Å². The summed E-state index contributed by atoms with van der Waals surface area (Å²) in [5, 5.41) is 10.3.